The van der Waals surface area contributed by atoms with E-state index in [0.29, 0.717) is 0 Å². The molecule has 2 N–H and O–H groups in total. The van der Waals surface area contributed by atoms with Gasteiger partial charge in [0.05, 0.1) is 11.0 Å². The Bertz CT molecular complexity index is 533. The Morgan fingerprint density at radius 3 is 2.33 bits per heavy atom. The summed E-state index contributed by atoms with van der Waals surface area (Å²) in [7, 11) is -3.79. The fraction of sp³-hybridized carbons (Fsp3) is 0.500. The maximum absolute atomic E-state index is 13.1. The molecule has 18 heavy (non-hydrogen) atoms. The molecule has 102 valence electrons. The molecule has 0 aliphatic carbocycles. The molecule has 0 spiro atoms. The van der Waals surface area contributed by atoms with Crippen molar-refractivity contribution in [1.82, 2.24) is 4.72 Å². The van der Waals surface area contributed by atoms with Crippen LogP contribution in [0.4, 0.5) is 4.39 Å². The Hall–Kier alpha value is -0.980. The third-order valence-electron chi connectivity index (χ3n) is 2.15. The van der Waals surface area contributed by atoms with Crippen LogP contribution >= 0.6 is 0 Å². The van der Waals surface area contributed by atoms with Crippen LogP contribution < -0.4 is 4.72 Å². The summed E-state index contributed by atoms with van der Waals surface area (Å²) in [5, 5.41) is 9.53. The monoisotopic (exact) mass is 275 g/mol. The maximum atomic E-state index is 13.1. The van der Waals surface area contributed by atoms with Gasteiger partial charge in [0, 0.05) is 11.1 Å². The number of rotatable bonds is 3. The second kappa shape index (κ2) is 4.95. The topological polar surface area (TPSA) is 66.4 Å². The molecule has 1 aromatic rings. The van der Waals surface area contributed by atoms with Gasteiger partial charge in [-0.1, -0.05) is 0 Å². The summed E-state index contributed by atoms with van der Waals surface area (Å²) in [5.74, 6) is -0.583. The Labute approximate surface area is 107 Å². The van der Waals surface area contributed by atoms with Crippen molar-refractivity contribution in [3.8, 4) is 0 Å². The number of halogens is 1. The van der Waals surface area contributed by atoms with Gasteiger partial charge < -0.3 is 5.11 Å². The van der Waals surface area contributed by atoms with Crippen molar-refractivity contribution >= 4 is 10.0 Å². The van der Waals surface area contributed by atoms with Gasteiger partial charge in [-0.2, -0.15) is 0 Å². The lowest BCUT2D eigenvalue weighted by atomic mass is 10.1. The summed E-state index contributed by atoms with van der Waals surface area (Å²) >= 11 is 0. The van der Waals surface area contributed by atoms with Crippen molar-refractivity contribution in [2.24, 2.45) is 0 Å². The van der Waals surface area contributed by atoms with Gasteiger partial charge in [0.15, 0.2) is 0 Å². The van der Waals surface area contributed by atoms with Crippen LogP contribution in [0.3, 0.4) is 0 Å². The van der Waals surface area contributed by atoms with E-state index in [-0.39, 0.29) is 10.5 Å². The molecule has 1 aromatic carbocycles. The Balaban J connectivity index is 3.33. The fourth-order valence-corrected chi connectivity index (χ4v) is 3.25. The summed E-state index contributed by atoms with van der Waals surface area (Å²) in [6.45, 7) is 6.51. The van der Waals surface area contributed by atoms with Crippen LogP contribution in [0.1, 0.15) is 39.4 Å². The second-order valence-electron chi connectivity index (χ2n) is 5.21. The molecule has 0 saturated carbocycles. The van der Waals surface area contributed by atoms with Gasteiger partial charge in [-0.05, 0) is 45.9 Å². The molecule has 1 rings (SSSR count). The highest BCUT2D eigenvalue weighted by Gasteiger charge is 2.25. The molecule has 0 heterocycles. The Morgan fingerprint density at radius 2 is 1.89 bits per heavy atom. The van der Waals surface area contributed by atoms with Crippen molar-refractivity contribution in [2.75, 3.05) is 0 Å². The van der Waals surface area contributed by atoms with Crippen molar-refractivity contribution in [3.05, 3.63) is 29.6 Å². The van der Waals surface area contributed by atoms with E-state index in [0.717, 1.165) is 18.2 Å². The molecule has 0 aliphatic heterocycles. The molecular formula is C12H18FNO3S. The van der Waals surface area contributed by atoms with E-state index in [4.69, 9.17) is 0 Å². The van der Waals surface area contributed by atoms with Crippen LogP contribution in [0, 0.1) is 5.82 Å². The lowest BCUT2D eigenvalue weighted by Crippen LogP contribution is -2.40. The van der Waals surface area contributed by atoms with Crippen LogP contribution in [0.25, 0.3) is 0 Å². The van der Waals surface area contributed by atoms with Crippen molar-refractivity contribution in [1.29, 1.82) is 0 Å². The zero-order chi connectivity index (χ0) is 14.1. The number of hydrogen-bond donors (Lipinski definition) is 2. The second-order valence-corrected chi connectivity index (χ2v) is 6.86. The van der Waals surface area contributed by atoms with Gasteiger partial charge in [-0.15, -0.1) is 0 Å². The predicted molar refractivity (Wildman–Crippen MR) is 67.1 cm³/mol. The van der Waals surface area contributed by atoms with E-state index >= 15 is 0 Å². The third-order valence-corrected chi connectivity index (χ3v) is 3.98. The van der Waals surface area contributed by atoms with Gasteiger partial charge >= 0.3 is 0 Å². The summed E-state index contributed by atoms with van der Waals surface area (Å²) in [5.41, 5.74) is -0.602. The molecule has 0 fully saturated rings. The van der Waals surface area contributed by atoms with Crippen LogP contribution in [0.2, 0.25) is 0 Å². The molecular weight excluding hydrogens is 257 g/mol. The normalized spacial score (nSPS) is 14.6. The molecule has 0 amide bonds. The molecule has 1 unspecified atom stereocenters. The van der Waals surface area contributed by atoms with E-state index in [1.807, 2.05) is 0 Å². The van der Waals surface area contributed by atoms with E-state index in [9.17, 15) is 17.9 Å². The van der Waals surface area contributed by atoms with E-state index in [1.54, 1.807) is 20.8 Å². The number of benzene rings is 1. The lowest BCUT2D eigenvalue weighted by Gasteiger charge is -2.22. The van der Waals surface area contributed by atoms with Gasteiger partial charge in [-0.3, -0.25) is 0 Å². The fourth-order valence-electron chi connectivity index (χ4n) is 1.55. The van der Waals surface area contributed by atoms with Crippen LogP contribution in [-0.2, 0) is 10.0 Å². The average Bonchev–Trinajstić information content (AvgIpc) is 2.12. The number of aliphatic hydroxyl groups is 1. The van der Waals surface area contributed by atoms with E-state index < -0.39 is 27.5 Å². The summed E-state index contributed by atoms with van der Waals surface area (Å²) < 4.78 is 39.9. The molecule has 0 radical (unpaired) electrons. The third kappa shape index (κ3) is 3.76. The molecule has 4 nitrogen and oxygen atoms in total. The SMILES string of the molecule is CC(O)c1cc(F)ccc1S(=O)(=O)NC(C)(C)C. The minimum Gasteiger partial charge on any atom is -0.389 e. The Morgan fingerprint density at radius 1 is 1.33 bits per heavy atom. The molecule has 0 saturated heterocycles. The first-order valence-corrected chi connectivity index (χ1v) is 7.03. The smallest absolute Gasteiger partial charge is 0.241 e. The minimum absolute atomic E-state index is 0.0479. The molecule has 1 atom stereocenters. The number of hydrogen-bond acceptors (Lipinski definition) is 3. The Kier molecular flexibility index (Phi) is 4.15. The first kappa shape index (κ1) is 15.1. The highest BCUT2D eigenvalue weighted by Crippen LogP contribution is 2.24. The molecule has 0 aromatic heterocycles. The first-order chi connectivity index (χ1) is 8.03. The van der Waals surface area contributed by atoms with Gasteiger partial charge in [0.2, 0.25) is 10.0 Å². The largest absolute Gasteiger partial charge is 0.389 e. The lowest BCUT2D eigenvalue weighted by molar-refractivity contribution is 0.195. The predicted octanol–water partition coefficient (Wildman–Crippen LogP) is 1.96. The van der Waals surface area contributed by atoms with E-state index in [1.165, 1.54) is 6.92 Å². The average molecular weight is 275 g/mol. The van der Waals surface area contributed by atoms with Crippen molar-refractivity contribution < 1.29 is 17.9 Å². The van der Waals surface area contributed by atoms with Crippen LogP contribution in [-0.4, -0.2) is 19.1 Å². The summed E-state index contributed by atoms with van der Waals surface area (Å²) in [4.78, 5) is -0.103. The molecule has 0 aliphatic rings. The first-order valence-electron chi connectivity index (χ1n) is 5.54. The standard InChI is InChI=1S/C12H18FNO3S/c1-8(15)10-7-9(13)5-6-11(10)18(16,17)14-12(2,3)4/h5-8,14-15H,1-4H3. The summed E-state index contributed by atoms with van der Waals surface area (Å²) in [6.07, 6.45) is -1.06. The van der Waals surface area contributed by atoms with Gasteiger partial charge in [0.1, 0.15) is 5.82 Å². The molecule has 0 bridgehead atoms. The molecule has 6 heteroatoms. The van der Waals surface area contributed by atoms with Crippen LogP contribution in [0.5, 0.6) is 0 Å². The zero-order valence-electron chi connectivity index (χ0n) is 10.9. The van der Waals surface area contributed by atoms with Crippen molar-refractivity contribution in [3.63, 3.8) is 0 Å². The highest BCUT2D eigenvalue weighted by atomic mass is 32.2. The van der Waals surface area contributed by atoms with E-state index in [2.05, 4.69) is 4.72 Å². The zero-order valence-corrected chi connectivity index (χ0v) is 11.7. The highest BCUT2D eigenvalue weighted by molar-refractivity contribution is 7.89. The number of sulfonamides is 1. The summed E-state index contributed by atoms with van der Waals surface area (Å²) in [6, 6.07) is 3.25. The number of nitrogens with one attached hydrogen (secondary N) is 1. The maximum Gasteiger partial charge on any atom is 0.241 e. The van der Waals surface area contributed by atoms with Crippen LogP contribution in [0.15, 0.2) is 23.1 Å². The number of aliphatic hydroxyl groups excluding tert-OH is 1. The minimum atomic E-state index is -3.79. The quantitative estimate of drug-likeness (QED) is 0.886. The van der Waals surface area contributed by atoms with Gasteiger partial charge in [0.25, 0.3) is 0 Å². The van der Waals surface area contributed by atoms with Crippen molar-refractivity contribution in [2.45, 2.75) is 44.2 Å². The van der Waals surface area contributed by atoms with Gasteiger partial charge in [-0.25, -0.2) is 17.5 Å².